The fraction of sp³-hybridized carbons (Fsp3) is 0.167. The van der Waals surface area contributed by atoms with Gasteiger partial charge in [0.1, 0.15) is 5.01 Å². The highest BCUT2D eigenvalue weighted by atomic mass is 79.9. The topological polar surface area (TPSA) is 50.2 Å². The zero-order valence-corrected chi connectivity index (χ0v) is 12.3. The van der Waals surface area contributed by atoms with Gasteiger partial charge in [0.05, 0.1) is 17.1 Å². The van der Waals surface area contributed by atoms with E-state index in [1.54, 1.807) is 6.07 Å². The molecule has 2 rings (SSSR count). The van der Waals surface area contributed by atoms with Crippen molar-refractivity contribution < 1.29 is 9.90 Å². The molecule has 1 aromatic heterocycles. The number of rotatable bonds is 4. The monoisotopic (exact) mass is 345 g/mol. The predicted molar refractivity (Wildman–Crippen MR) is 76.2 cm³/mol. The van der Waals surface area contributed by atoms with E-state index < -0.39 is 5.97 Å². The number of thiazole rings is 1. The van der Waals surface area contributed by atoms with Crippen LogP contribution in [0.5, 0.6) is 0 Å². The normalized spacial score (nSPS) is 10.6. The van der Waals surface area contributed by atoms with Crippen molar-refractivity contribution in [1.29, 1.82) is 0 Å². The van der Waals surface area contributed by atoms with Crippen LogP contribution in [-0.2, 0) is 11.2 Å². The molecule has 0 fully saturated rings. The van der Waals surface area contributed by atoms with Crippen LogP contribution >= 0.6 is 38.9 Å². The Morgan fingerprint density at radius 3 is 3.00 bits per heavy atom. The third kappa shape index (κ3) is 3.31. The lowest BCUT2D eigenvalue weighted by Crippen LogP contribution is -1.97. The lowest BCUT2D eigenvalue weighted by atomic mass is 10.2. The fourth-order valence-corrected chi connectivity index (χ4v) is 2.95. The van der Waals surface area contributed by atoms with Crippen molar-refractivity contribution in [2.45, 2.75) is 12.8 Å². The molecule has 1 heterocycles. The van der Waals surface area contributed by atoms with Crippen LogP contribution in [0, 0.1) is 0 Å². The maximum absolute atomic E-state index is 10.5. The molecule has 0 amide bonds. The first kappa shape index (κ1) is 13.5. The Morgan fingerprint density at radius 2 is 2.28 bits per heavy atom. The molecule has 6 heteroatoms. The standard InChI is InChI=1S/C12H9BrClNO2S/c13-7-1-3-10(14)9(5-7)12-15-8(6-18-12)2-4-11(16)17/h1,3,5-6H,2,4H2,(H,16,17). The molecule has 0 bridgehead atoms. The summed E-state index contributed by atoms with van der Waals surface area (Å²) in [5.74, 6) is -0.815. The van der Waals surface area contributed by atoms with Crippen LogP contribution in [0.1, 0.15) is 12.1 Å². The molecule has 0 aliphatic rings. The molecule has 0 spiro atoms. The Kier molecular flexibility index (Phi) is 4.37. The Bertz CT molecular complexity index is 585. The quantitative estimate of drug-likeness (QED) is 0.900. The number of aromatic nitrogens is 1. The first-order valence-electron chi connectivity index (χ1n) is 5.18. The molecule has 0 saturated carbocycles. The molecule has 18 heavy (non-hydrogen) atoms. The molecular weight excluding hydrogens is 338 g/mol. The van der Waals surface area contributed by atoms with Gasteiger partial charge in [-0.25, -0.2) is 4.98 Å². The van der Waals surface area contributed by atoms with Crippen LogP contribution < -0.4 is 0 Å². The van der Waals surface area contributed by atoms with Crippen molar-refractivity contribution in [1.82, 2.24) is 4.98 Å². The molecule has 2 aromatic rings. The summed E-state index contributed by atoms with van der Waals surface area (Å²) in [5, 5.41) is 11.9. The summed E-state index contributed by atoms with van der Waals surface area (Å²) in [6.45, 7) is 0. The maximum Gasteiger partial charge on any atom is 0.303 e. The van der Waals surface area contributed by atoms with Crippen LogP contribution in [0.2, 0.25) is 5.02 Å². The first-order chi connectivity index (χ1) is 8.56. The van der Waals surface area contributed by atoms with E-state index in [0.29, 0.717) is 11.4 Å². The largest absolute Gasteiger partial charge is 0.481 e. The summed E-state index contributed by atoms with van der Waals surface area (Å²) in [7, 11) is 0. The molecule has 1 N–H and O–H groups in total. The summed E-state index contributed by atoms with van der Waals surface area (Å²) >= 11 is 11.0. The van der Waals surface area contributed by atoms with E-state index in [1.165, 1.54) is 11.3 Å². The molecule has 0 saturated heterocycles. The van der Waals surface area contributed by atoms with E-state index in [-0.39, 0.29) is 6.42 Å². The number of hydrogen-bond acceptors (Lipinski definition) is 3. The van der Waals surface area contributed by atoms with E-state index in [2.05, 4.69) is 20.9 Å². The Labute approximate surface area is 122 Å². The molecule has 0 aliphatic carbocycles. The smallest absolute Gasteiger partial charge is 0.303 e. The molecule has 0 unspecified atom stereocenters. The van der Waals surface area contributed by atoms with Crippen LogP contribution in [0.3, 0.4) is 0 Å². The third-order valence-electron chi connectivity index (χ3n) is 2.31. The van der Waals surface area contributed by atoms with Crippen molar-refractivity contribution in [3.05, 3.63) is 38.8 Å². The van der Waals surface area contributed by atoms with Crippen molar-refractivity contribution >= 4 is 44.8 Å². The van der Waals surface area contributed by atoms with E-state index in [9.17, 15) is 4.79 Å². The summed E-state index contributed by atoms with van der Waals surface area (Å²) in [4.78, 5) is 14.9. The van der Waals surface area contributed by atoms with Crippen molar-refractivity contribution in [3.8, 4) is 10.6 Å². The minimum atomic E-state index is -0.815. The molecule has 0 atom stereocenters. The van der Waals surface area contributed by atoms with Gasteiger partial charge in [0, 0.05) is 21.8 Å². The number of nitrogens with zero attached hydrogens (tertiary/aromatic N) is 1. The van der Waals surface area contributed by atoms with E-state index in [4.69, 9.17) is 16.7 Å². The highest BCUT2D eigenvalue weighted by Crippen LogP contribution is 2.32. The molecule has 1 aromatic carbocycles. The van der Waals surface area contributed by atoms with Crippen LogP contribution in [0.4, 0.5) is 0 Å². The third-order valence-corrected chi connectivity index (χ3v) is 4.05. The summed E-state index contributed by atoms with van der Waals surface area (Å²) in [5.41, 5.74) is 1.64. The van der Waals surface area contributed by atoms with Crippen LogP contribution in [-0.4, -0.2) is 16.1 Å². The lowest BCUT2D eigenvalue weighted by Gasteiger charge is -2.00. The van der Waals surface area contributed by atoms with Gasteiger partial charge in [0.25, 0.3) is 0 Å². The number of aliphatic carboxylic acids is 1. The zero-order chi connectivity index (χ0) is 13.1. The number of carboxylic acid groups (broad SMARTS) is 1. The average molecular weight is 347 g/mol. The minimum Gasteiger partial charge on any atom is -0.481 e. The van der Waals surface area contributed by atoms with E-state index >= 15 is 0 Å². The maximum atomic E-state index is 10.5. The Morgan fingerprint density at radius 1 is 1.50 bits per heavy atom. The van der Waals surface area contributed by atoms with E-state index in [1.807, 2.05) is 17.5 Å². The van der Waals surface area contributed by atoms with Gasteiger partial charge in [-0.05, 0) is 18.2 Å². The highest BCUT2D eigenvalue weighted by molar-refractivity contribution is 9.10. The summed E-state index contributed by atoms with van der Waals surface area (Å²) in [6, 6.07) is 5.58. The second-order valence-corrected chi connectivity index (χ2v) is 5.84. The Hall–Kier alpha value is -0.910. The van der Waals surface area contributed by atoms with Crippen LogP contribution in [0.15, 0.2) is 28.1 Å². The molecule has 0 aliphatic heterocycles. The predicted octanol–water partition coefficient (Wildman–Crippen LogP) is 4.24. The summed E-state index contributed by atoms with van der Waals surface area (Å²) in [6.07, 6.45) is 0.535. The second kappa shape index (κ2) is 5.82. The number of carboxylic acids is 1. The number of aryl methyl sites for hydroxylation is 1. The molecule has 0 radical (unpaired) electrons. The van der Waals surface area contributed by atoms with Crippen molar-refractivity contribution in [2.24, 2.45) is 0 Å². The average Bonchev–Trinajstić information content (AvgIpc) is 2.78. The van der Waals surface area contributed by atoms with Gasteiger partial charge in [-0.2, -0.15) is 0 Å². The van der Waals surface area contributed by atoms with Crippen molar-refractivity contribution in [3.63, 3.8) is 0 Å². The highest BCUT2D eigenvalue weighted by Gasteiger charge is 2.10. The minimum absolute atomic E-state index is 0.0926. The lowest BCUT2D eigenvalue weighted by molar-refractivity contribution is -0.136. The van der Waals surface area contributed by atoms with E-state index in [0.717, 1.165) is 20.7 Å². The summed E-state index contributed by atoms with van der Waals surface area (Å²) < 4.78 is 0.934. The second-order valence-electron chi connectivity index (χ2n) is 3.66. The molecular formula is C12H9BrClNO2S. The van der Waals surface area contributed by atoms with Gasteiger partial charge in [-0.3, -0.25) is 4.79 Å². The fourth-order valence-electron chi connectivity index (χ4n) is 1.44. The number of carbonyl (C=O) groups is 1. The van der Waals surface area contributed by atoms with Gasteiger partial charge in [0.2, 0.25) is 0 Å². The van der Waals surface area contributed by atoms with Gasteiger partial charge in [-0.15, -0.1) is 11.3 Å². The Balaban J connectivity index is 2.23. The SMILES string of the molecule is O=C(O)CCc1csc(-c2cc(Br)ccc2Cl)n1. The van der Waals surface area contributed by atoms with Crippen LogP contribution in [0.25, 0.3) is 10.6 Å². The van der Waals surface area contributed by atoms with Gasteiger partial charge in [0.15, 0.2) is 0 Å². The molecule has 3 nitrogen and oxygen atoms in total. The number of hydrogen-bond donors (Lipinski definition) is 1. The number of benzene rings is 1. The molecule has 94 valence electrons. The zero-order valence-electron chi connectivity index (χ0n) is 9.19. The van der Waals surface area contributed by atoms with Gasteiger partial charge >= 0.3 is 5.97 Å². The van der Waals surface area contributed by atoms with Gasteiger partial charge in [-0.1, -0.05) is 27.5 Å². The van der Waals surface area contributed by atoms with Gasteiger partial charge < -0.3 is 5.11 Å². The number of halogens is 2. The van der Waals surface area contributed by atoms with Crippen molar-refractivity contribution in [2.75, 3.05) is 0 Å². The first-order valence-corrected chi connectivity index (χ1v) is 7.23.